The molecule has 0 radical (unpaired) electrons. The molecule has 1 unspecified atom stereocenters. The molecule has 0 saturated heterocycles. The Labute approximate surface area is 225 Å². The molecule has 2 aromatic carbocycles. The highest BCUT2D eigenvalue weighted by Gasteiger charge is 2.33. The second kappa shape index (κ2) is 11.2. The number of ether oxygens (including phenoxy) is 1. The Morgan fingerprint density at radius 1 is 1.17 bits per heavy atom. The fourth-order valence-electron chi connectivity index (χ4n) is 4.85. The molecule has 2 atom stereocenters. The summed E-state index contributed by atoms with van der Waals surface area (Å²) in [5.41, 5.74) is 4.72. The van der Waals surface area contributed by atoms with E-state index in [0.717, 1.165) is 37.8 Å². The normalized spacial score (nSPS) is 15.8. The van der Waals surface area contributed by atoms with Crippen LogP contribution in [0.15, 0.2) is 46.9 Å². The lowest BCUT2D eigenvalue weighted by molar-refractivity contribution is -0.150. The van der Waals surface area contributed by atoms with Gasteiger partial charge in [-0.2, -0.15) is 0 Å². The van der Waals surface area contributed by atoms with Gasteiger partial charge < -0.3 is 15.0 Å². The molecule has 1 aromatic heterocycles. The maximum atomic E-state index is 13.4. The molecule has 8 heteroatoms. The molecule has 4 rings (SSSR count). The van der Waals surface area contributed by atoms with Gasteiger partial charge in [0.05, 0.1) is 12.5 Å². The van der Waals surface area contributed by atoms with Crippen molar-refractivity contribution in [2.45, 2.75) is 32.2 Å². The lowest BCUT2D eigenvalue weighted by atomic mass is 9.93. The van der Waals surface area contributed by atoms with Crippen LogP contribution in [0.2, 0.25) is 5.02 Å². The molecule has 190 valence electrons. The molecule has 0 bridgehead atoms. The monoisotopic (exact) mass is 571 g/mol. The summed E-state index contributed by atoms with van der Waals surface area (Å²) in [5, 5.41) is 4.70. The minimum absolute atomic E-state index is 0.0846. The number of hydrogen-bond acceptors (Lipinski definition) is 4. The van der Waals surface area contributed by atoms with Gasteiger partial charge in [-0.05, 0) is 85.6 Å². The van der Waals surface area contributed by atoms with Crippen molar-refractivity contribution in [3.8, 4) is 0 Å². The molecule has 0 saturated carbocycles. The van der Waals surface area contributed by atoms with Crippen LogP contribution in [-0.2, 0) is 14.3 Å². The van der Waals surface area contributed by atoms with Gasteiger partial charge in [-0.1, -0.05) is 47.4 Å². The smallest absolute Gasteiger partial charge is 0.323 e. The first-order chi connectivity index (χ1) is 17.2. The second-order valence-electron chi connectivity index (χ2n) is 9.69. The van der Waals surface area contributed by atoms with E-state index < -0.39 is 5.92 Å². The number of fused-ring (bicyclic) bond motifs is 2. The van der Waals surface area contributed by atoms with Crippen LogP contribution in [0, 0.1) is 5.92 Å². The van der Waals surface area contributed by atoms with Crippen molar-refractivity contribution in [2.24, 2.45) is 5.92 Å². The van der Waals surface area contributed by atoms with Gasteiger partial charge in [-0.25, -0.2) is 0 Å². The molecular weight excluding hydrogens is 542 g/mol. The standard InChI is InChI=1S/C28H31BrClN3O3/c1-16(2)26(33(3)4)28(35)36-11-5-10-31-27(34)25-21-8-6-19(29)12-17(21)14-22(25)24-15-18-13-20(30)7-9-23(18)32-24/h6-9,12-16,25-26,32H,5,10-11H2,1-4H3,(H,31,34)/t25?,26-/m0/s1. The van der Waals surface area contributed by atoms with E-state index >= 15 is 0 Å². The Balaban J connectivity index is 1.44. The van der Waals surface area contributed by atoms with E-state index in [0.29, 0.717) is 18.0 Å². The largest absolute Gasteiger partial charge is 0.464 e. The number of aromatic nitrogens is 1. The molecule has 2 N–H and O–H groups in total. The maximum absolute atomic E-state index is 13.4. The van der Waals surface area contributed by atoms with Crippen LogP contribution in [0.1, 0.15) is 43.0 Å². The van der Waals surface area contributed by atoms with Gasteiger partial charge in [0.15, 0.2) is 0 Å². The number of nitrogens with zero attached hydrogens (tertiary/aromatic N) is 1. The Morgan fingerprint density at radius 3 is 2.67 bits per heavy atom. The average molecular weight is 573 g/mol. The third kappa shape index (κ3) is 5.69. The maximum Gasteiger partial charge on any atom is 0.323 e. The minimum Gasteiger partial charge on any atom is -0.464 e. The summed E-state index contributed by atoms with van der Waals surface area (Å²) in [4.78, 5) is 31.1. The van der Waals surface area contributed by atoms with E-state index in [1.54, 1.807) is 0 Å². The van der Waals surface area contributed by atoms with Gasteiger partial charge in [0.25, 0.3) is 0 Å². The summed E-state index contributed by atoms with van der Waals surface area (Å²) in [6, 6.07) is 13.4. The van der Waals surface area contributed by atoms with Crippen LogP contribution >= 0.6 is 27.5 Å². The molecule has 0 fully saturated rings. The zero-order valence-corrected chi connectivity index (χ0v) is 23.2. The van der Waals surface area contributed by atoms with Gasteiger partial charge in [-0.3, -0.25) is 14.5 Å². The summed E-state index contributed by atoms with van der Waals surface area (Å²) in [6.07, 6.45) is 2.60. The van der Waals surface area contributed by atoms with Crippen molar-refractivity contribution in [3.63, 3.8) is 0 Å². The third-order valence-electron chi connectivity index (χ3n) is 6.43. The van der Waals surface area contributed by atoms with Gasteiger partial charge in [0, 0.05) is 32.6 Å². The summed E-state index contributed by atoms with van der Waals surface area (Å²) in [5.74, 6) is -0.613. The number of H-pyrrole nitrogens is 1. The first-order valence-corrected chi connectivity index (χ1v) is 13.2. The number of amides is 1. The van der Waals surface area contributed by atoms with Gasteiger partial charge in [0.1, 0.15) is 6.04 Å². The van der Waals surface area contributed by atoms with Crippen LogP contribution in [0.5, 0.6) is 0 Å². The number of halogens is 2. The van der Waals surface area contributed by atoms with Crippen molar-refractivity contribution in [3.05, 3.63) is 68.8 Å². The van der Waals surface area contributed by atoms with Crippen molar-refractivity contribution in [2.75, 3.05) is 27.2 Å². The molecule has 0 spiro atoms. The number of carbonyl (C=O) groups is 2. The van der Waals surface area contributed by atoms with Crippen molar-refractivity contribution in [1.29, 1.82) is 0 Å². The first-order valence-electron chi connectivity index (χ1n) is 12.1. The third-order valence-corrected chi connectivity index (χ3v) is 7.16. The zero-order chi connectivity index (χ0) is 26.0. The average Bonchev–Trinajstić information content (AvgIpc) is 3.38. The number of nitrogens with one attached hydrogen (secondary N) is 2. The minimum atomic E-state index is -0.446. The number of benzene rings is 2. The van der Waals surface area contributed by atoms with Gasteiger partial charge in [-0.15, -0.1) is 0 Å². The zero-order valence-electron chi connectivity index (χ0n) is 20.9. The van der Waals surface area contributed by atoms with Crippen molar-refractivity contribution < 1.29 is 14.3 Å². The predicted molar refractivity (Wildman–Crippen MR) is 149 cm³/mol. The quantitative estimate of drug-likeness (QED) is 0.249. The van der Waals surface area contributed by atoms with Crippen LogP contribution in [-0.4, -0.2) is 55.0 Å². The number of carbonyl (C=O) groups excluding carboxylic acids is 2. The number of hydrogen-bond donors (Lipinski definition) is 2. The molecule has 6 nitrogen and oxygen atoms in total. The molecule has 1 aliphatic rings. The molecule has 36 heavy (non-hydrogen) atoms. The first kappa shape index (κ1) is 26.5. The molecule has 3 aromatic rings. The highest BCUT2D eigenvalue weighted by Crippen LogP contribution is 2.43. The van der Waals surface area contributed by atoms with E-state index in [2.05, 4.69) is 32.3 Å². The van der Waals surface area contributed by atoms with E-state index in [9.17, 15) is 9.59 Å². The summed E-state index contributed by atoms with van der Waals surface area (Å²) >= 11 is 9.71. The topological polar surface area (TPSA) is 74.4 Å². The van der Waals surface area contributed by atoms with E-state index in [1.165, 1.54) is 0 Å². The van der Waals surface area contributed by atoms with E-state index in [4.69, 9.17) is 16.3 Å². The highest BCUT2D eigenvalue weighted by atomic mass is 79.9. The van der Waals surface area contributed by atoms with Crippen LogP contribution < -0.4 is 5.32 Å². The Kier molecular flexibility index (Phi) is 8.23. The van der Waals surface area contributed by atoms with Crippen molar-refractivity contribution in [1.82, 2.24) is 15.2 Å². The SMILES string of the molecule is CC(C)[C@@H](C(=O)OCCCNC(=O)C1C(c2cc3cc(Cl)ccc3[nH]2)=Cc2cc(Br)ccc21)N(C)C. The second-order valence-corrected chi connectivity index (χ2v) is 11.0. The predicted octanol–water partition coefficient (Wildman–Crippen LogP) is 5.86. The van der Waals surface area contributed by atoms with Gasteiger partial charge in [0.2, 0.25) is 5.91 Å². The Hall–Kier alpha value is -2.61. The summed E-state index contributed by atoms with van der Waals surface area (Å²) < 4.78 is 6.43. The highest BCUT2D eigenvalue weighted by molar-refractivity contribution is 9.10. The molecule has 1 aliphatic carbocycles. The Bertz CT molecular complexity index is 1310. The summed E-state index contributed by atoms with van der Waals surface area (Å²) in [7, 11) is 3.74. The fourth-order valence-corrected chi connectivity index (χ4v) is 5.41. The van der Waals surface area contributed by atoms with Crippen LogP contribution in [0.25, 0.3) is 22.6 Å². The van der Waals surface area contributed by atoms with Crippen LogP contribution in [0.3, 0.4) is 0 Å². The van der Waals surface area contributed by atoms with Gasteiger partial charge >= 0.3 is 5.97 Å². The van der Waals surface area contributed by atoms with Crippen molar-refractivity contribution >= 4 is 62.0 Å². The summed E-state index contributed by atoms with van der Waals surface area (Å²) in [6.45, 7) is 4.67. The molecule has 1 heterocycles. The number of likely N-dealkylation sites (N-methyl/N-ethyl adjacent to an activating group) is 1. The molecular formula is C28H31BrClN3O3. The molecule has 0 aliphatic heterocycles. The van der Waals surface area contributed by atoms with E-state index in [1.807, 2.05) is 75.3 Å². The lowest BCUT2D eigenvalue weighted by Gasteiger charge is -2.25. The molecule has 1 amide bonds. The number of rotatable bonds is 9. The van der Waals surface area contributed by atoms with E-state index in [-0.39, 0.29) is 30.4 Å². The number of aromatic amines is 1. The lowest BCUT2D eigenvalue weighted by Crippen LogP contribution is -2.41. The Morgan fingerprint density at radius 2 is 1.94 bits per heavy atom. The fraction of sp³-hybridized carbons (Fsp3) is 0.357. The number of esters is 1. The van der Waals surface area contributed by atoms with Crippen LogP contribution in [0.4, 0.5) is 0 Å².